The molecule has 0 radical (unpaired) electrons. The maximum atomic E-state index is 12.7. The van der Waals surface area contributed by atoms with Crippen LogP contribution in [0.3, 0.4) is 0 Å². The normalized spacial score (nSPS) is 17.2. The van der Waals surface area contributed by atoms with E-state index in [1.165, 1.54) is 12.1 Å². The summed E-state index contributed by atoms with van der Waals surface area (Å²) in [6.07, 6.45) is 12.0. The van der Waals surface area contributed by atoms with Crippen molar-refractivity contribution in [3.63, 3.8) is 0 Å². The third kappa shape index (κ3) is 6.95. The fourth-order valence-electron chi connectivity index (χ4n) is 4.38. The van der Waals surface area contributed by atoms with Gasteiger partial charge < -0.3 is 25.5 Å². The van der Waals surface area contributed by atoms with Gasteiger partial charge in [-0.1, -0.05) is 47.5 Å². The number of aromatic hydroxyl groups is 1. The quantitative estimate of drug-likeness (QED) is 0.368. The third-order valence-electron chi connectivity index (χ3n) is 6.39. The molecule has 3 N–H and O–H groups in total. The fourth-order valence-corrected chi connectivity index (χ4v) is 4.95. The van der Waals surface area contributed by atoms with Crippen LogP contribution in [-0.4, -0.2) is 48.1 Å². The van der Waals surface area contributed by atoms with Crippen molar-refractivity contribution < 1.29 is 14.7 Å². The summed E-state index contributed by atoms with van der Waals surface area (Å²) in [6, 6.07) is 10.2. The molecule has 0 bridgehead atoms. The SMILES string of the molecule is O=C(CCCC1C=CC=CC1)Nc1ccc(N2CCN(C(=O)Nc3c(Cl)cc(O)cc3Cl)CC2)cc1. The molecule has 7 nitrogen and oxygen atoms in total. The van der Waals surface area contributed by atoms with Gasteiger partial charge in [0.2, 0.25) is 5.91 Å². The van der Waals surface area contributed by atoms with Crippen LogP contribution < -0.4 is 15.5 Å². The first-order chi connectivity index (χ1) is 17.4. The highest BCUT2D eigenvalue weighted by molar-refractivity contribution is 6.40. The van der Waals surface area contributed by atoms with Gasteiger partial charge in [-0.25, -0.2) is 4.79 Å². The Morgan fingerprint density at radius 3 is 2.31 bits per heavy atom. The minimum Gasteiger partial charge on any atom is -0.508 e. The highest BCUT2D eigenvalue weighted by atomic mass is 35.5. The van der Waals surface area contributed by atoms with Gasteiger partial charge in [-0.15, -0.1) is 0 Å². The lowest BCUT2D eigenvalue weighted by molar-refractivity contribution is -0.116. The van der Waals surface area contributed by atoms with Gasteiger partial charge >= 0.3 is 6.03 Å². The number of anilines is 3. The molecule has 36 heavy (non-hydrogen) atoms. The van der Waals surface area contributed by atoms with E-state index >= 15 is 0 Å². The molecule has 190 valence electrons. The predicted molar refractivity (Wildman–Crippen MR) is 146 cm³/mol. The largest absolute Gasteiger partial charge is 0.508 e. The van der Waals surface area contributed by atoms with Crippen LogP contribution in [0.25, 0.3) is 0 Å². The summed E-state index contributed by atoms with van der Waals surface area (Å²) in [7, 11) is 0. The molecule has 0 aromatic heterocycles. The number of benzene rings is 2. The van der Waals surface area contributed by atoms with Crippen LogP contribution in [0.5, 0.6) is 5.75 Å². The highest BCUT2D eigenvalue weighted by Gasteiger charge is 2.23. The number of phenols is 1. The number of halogens is 2. The van der Waals surface area contributed by atoms with Gasteiger partial charge in [-0.2, -0.15) is 0 Å². The van der Waals surface area contributed by atoms with Crippen molar-refractivity contribution in [1.29, 1.82) is 0 Å². The fraction of sp³-hybridized carbons (Fsp3) is 0.333. The van der Waals surface area contributed by atoms with E-state index < -0.39 is 0 Å². The van der Waals surface area contributed by atoms with E-state index in [0.29, 0.717) is 38.5 Å². The highest BCUT2D eigenvalue weighted by Crippen LogP contribution is 2.34. The van der Waals surface area contributed by atoms with Gasteiger partial charge in [0.1, 0.15) is 5.75 Å². The third-order valence-corrected chi connectivity index (χ3v) is 6.99. The lowest BCUT2D eigenvalue weighted by Crippen LogP contribution is -2.50. The zero-order valence-electron chi connectivity index (χ0n) is 19.9. The summed E-state index contributed by atoms with van der Waals surface area (Å²) in [6.45, 7) is 2.40. The van der Waals surface area contributed by atoms with E-state index in [2.05, 4.69) is 39.8 Å². The van der Waals surface area contributed by atoms with Crippen LogP contribution >= 0.6 is 23.2 Å². The number of hydrogen-bond acceptors (Lipinski definition) is 4. The number of allylic oxidation sites excluding steroid dienone is 4. The Morgan fingerprint density at radius 2 is 1.67 bits per heavy atom. The number of urea groups is 1. The Kier molecular flexibility index (Phi) is 8.78. The second-order valence-electron chi connectivity index (χ2n) is 8.98. The van der Waals surface area contributed by atoms with Crippen molar-refractivity contribution >= 4 is 52.2 Å². The molecule has 1 unspecified atom stereocenters. The average Bonchev–Trinajstić information content (AvgIpc) is 2.87. The first-order valence-electron chi connectivity index (χ1n) is 12.1. The molecule has 4 rings (SSSR count). The topological polar surface area (TPSA) is 84.9 Å². The summed E-state index contributed by atoms with van der Waals surface area (Å²) in [4.78, 5) is 28.9. The second kappa shape index (κ2) is 12.2. The number of nitrogens with zero attached hydrogens (tertiary/aromatic N) is 2. The van der Waals surface area contributed by atoms with Crippen molar-refractivity contribution in [3.8, 4) is 5.75 Å². The van der Waals surface area contributed by atoms with E-state index in [1.54, 1.807) is 4.90 Å². The zero-order valence-corrected chi connectivity index (χ0v) is 21.4. The number of rotatable bonds is 7. The molecule has 1 saturated heterocycles. The summed E-state index contributed by atoms with van der Waals surface area (Å²) in [5.74, 6) is 0.510. The monoisotopic (exact) mass is 528 g/mol. The summed E-state index contributed by atoms with van der Waals surface area (Å²) in [5, 5.41) is 15.6. The molecule has 1 atom stereocenters. The summed E-state index contributed by atoms with van der Waals surface area (Å²) < 4.78 is 0. The second-order valence-corrected chi connectivity index (χ2v) is 9.80. The predicted octanol–water partition coefficient (Wildman–Crippen LogP) is 6.29. The van der Waals surface area contributed by atoms with Crippen molar-refractivity contribution in [2.24, 2.45) is 5.92 Å². The molecular formula is C27H30Cl2N4O3. The van der Waals surface area contributed by atoms with E-state index in [-0.39, 0.29) is 33.4 Å². The minimum atomic E-state index is -0.293. The minimum absolute atomic E-state index is 0.0338. The number of carbonyl (C=O) groups excluding carboxylic acids is 2. The van der Waals surface area contributed by atoms with E-state index in [1.807, 2.05) is 24.3 Å². The molecule has 1 aliphatic heterocycles. The molecule has 3 amide bonds. The smallest absolute Gasteiger partial charge is 0.322 e. The average molecular weight is 529 g/mol. The molecule has 1 fully saturated rings. The van der Waals surface area contributed by atoms with Gasteiger partial charge in [0.05, 0.1) is 15.7 Å². The number of amides is 3. The lowest BCUT2D eigenvalue weighted by Gasteiger charge is -2.36. The van der Waals surface area contributed by atoms with Crippen LogP contribution in [0.2, 0.25) is 10.0 Å². The van der Waals surface area contributed by atoms with E-state index in [4.69, 9.17) is 23.2 Å². The first-order valence-corrected chi connectivity index (χ1v) is 12.9. The van der Waals surface area contributed by atoms with Crippen LogP contribution in [0.4, 0.5) is 21.9 Å². The van der Waals surface area contributed by atoms with Gasteiger partial charge in [-0.05, 0) is 49.4 Å². The number of phenolic OH excluding ortho intramolecular Hbond substituents is 1. The molecule has 2 aromatic rings. The van der Waals surface area contributed by atoms with Gasteiger partial charge in [0.25, 0.3) is 0 Å². The Hall–Kier alpha value is -3.16. The Balaban J connectivity index is 1.21. The van der Waals surface area contributed by atoms with Gasteiger partial charge in [0, 0.05) is 56.1 Å². The number of piperazine rings is 1. The zero-order chi connectivity index (χ0) is 25.5. The molecule has 2 aliphatic rings. The van der Waals surface area contributed by atoms with Crippen LogP contribution in [0.1, 0.15) is 25.7 Å². The van der Waals surface area contributed by atoms with Crippen molar-refractivity contribution in [1.82, 2.24) is 4.90 Å². The lowest BCUT2D eigenvalue weighted by atomic mass is 9.95. The maximum absolute atomic E-state index is 12.7. The Labute approximate surface area is 221 Å². The van der Waals surface area contributed by atoms with Crippen molar-refractivity contribution in [2.45, 2.75) is 25.7 Å². The van der Waals surface area contributed by atoms with Crippen molar-refractivity contribution in [3.05, 3.63) is 70.7 Å². The van der Waals surface area contributed by atoms with E-state index in [0.717, 1.165) is 30.6 Å². The number of hydrogen-bond donors (Lipinski definition) is 3. The molecule has 1 heterocycles. The van der Waals surface area contributed by atoms with Crippen LogP contribution in [0, 0.1) is 5.92 Å². The number of nitrogens with one attached hydrogen (secondary N) is 2. The van der Waals surface area contributed by atoms with Gasteiger partial charge in [0.15, 0.2) is 0 Å². The Morgan fingerprint density at radius 1 is 0.972 bits per heavy atom. The molecule has 0 saturated carbocycles. The van der Waals surface area contributed by atoms with Crippen molar-refractivity contribution in [2.75, 3.05) is 41.7 Å². The number of carbonyl (C=O) groups is 2. The molecule has 9 heteroatoms. The van der Waals surface area contributed by atoms with E-state index in [9.17, 15) is 14.7 Å². The molecular weight excluding hydrogens is 499 g/mol. The standard InChI is InChI=1S/C27H30Cl2N4O3/c28-23-17-22(34)18-24(29)26(23)31-27(36)33-15-13-32(14-16-33)21-11-9-20(10-12-21)30-25(35)8-4-7-19-5-2-1-3-6-19/h1-3,5,9-12,17-19,34H,4,6-8,13-16H2,(H,30,35)(H,31,36). The van der Waals surface area contributed by atoms with Gasteiger partial charge in [-0.3, -0.25) is 4.79 Å². The Bertz CT molecular complexity index is 1120. The molecule has 1 aliphatic carbocycles. The summed E-state index contributed by atoms with van der Waals surface area (Å²) >= 11 is 12.2. The van der Waals surface area contributed by atoms with Crippen LogP contribution in [0.15, 0.2) is 60.7 Å². The maximum Gasteiger partial charge on any atom is 0.322 e. The first kappa shape index (κ1) is 25.9. The summed E-state index contributed by atoms with van der Waals surface area (Å²) in [5.41, 5.74) is 2.10. The molecule has 0 spiro atoms. The van der Waals surface area contributed by atoms with Crippen LogP contribution in [-0.2, 0) is 4.79 Å². The molecule has 2 aromatic carbocycles.